The molecule has 0 spiro atoms. The Kier molecular flexibility index (Phi) is 8.22. The Morgan fingerprint density at radius 1 is 0.947 bits per heavy atom. The van der Waals surface area contributed by atoms with Gasteiger partial charge in [-0.15, -0.1) is 0 Å². The van der Waals surface area contributed by atoms with Crippen LogP contribution in [0, 0.1) is 0 Å². The molecule has 0 aromatic heterocycles. The van der Waals surface area contributed by atoms with Crippen molar-refractivity contribution < 1.29 is 18.9 Å². The van der Waals surface area contributed by atoms with E-state index in [1.807, 2.05) is 7.05 Å². The average molecular weight is 275 g/mol. The summed E-state index contributed by atoms with van der Waals surface area (Å²) < 4.78 is 1.84. The molecule has 2 N–H and O–H groups in total. The summed E-state index contributed by atoms with van der Waals surface area (Å²) in [4.78, 5) is 10.6. The zero-order chi connectivity index (χ0) is 14.9. The Morgan fingerprint density at radius 2 is 1.42 bits per heavy atom. The number of hydrogen-bond donors (Lipinski definition) is 2. The minimum atomic E-state index is -0.700. The molecule has 5 nitrogen and oxygen atoms in total. The van der Waals surface area contributed by atoms with Gasteiger partial charge in [-0.25, -0.2) is 0 Å². The van der Waals surface area contributed by atoms with Crippen molar-refractivity contribution in [2.45, 2.75) is 19.3 Å². The van der Waals surface area contributed by atoms with E-state index in [-0.39, 0.29) is 6.42 Å². The molecule has 0 fully saturated rings. The first-order valence-corrected chi connectivity index (χ1v) is 7.19. The third-order valence-electron chi connectivity index (χ3n) is 3.65. The number of carboxylic acids is 1. The predicted molar refractivity (Wildman–Crippen MR) is 79.1 cm³/mol. The third-order valence-corrected chi connectivity index (χ3v) is 3.65. The zero-order valence-corrected chi connectivity index (χ0v) is 13.4. The minimum absolute atomic E-state index is 0.257. The van der Waals surface area contributed by atoms with Crippen molar-refractivity contribution in [2.75, 3.05) is 68.0 Å². The Labute approximate surface area is 118 Å². The summed E-state index contributed by atoms with van der Waals surface area (Å²) in [5, 5.41) is 11.9. The second kappa shape index (κ2) is 8.51. The van der Waals surface area contributed by atoms with E-state index in [1.165, 1.54) is 13.0 Å². The fourth-order valence-electron chi connectivity index (χ4n) is 2.23. The topological polar surface area (TPSA) is 49.3 Å². The highest BCUT2D eigenvalue weighted by Crippen LogP contribution is 2.06. The lowest BCUT2D eigenvalue weighted by Gasteiger charge is -2.33. The van der Waals surface area contributed by atoms with Crippen LogP contribution in [0.15, 0.2) is 0 Å². The van der Waals surface area contributed by atoms with E-state index in [9.17, 15) is 4.79 Å². The normalized spacial score (nSPS) is 12.7. The van der Waals surface area contributed by atoms with E-state index in [2.05, 4.69) is 33.5 Å². The monoisotopic (exact) mass is 275 g/mol. The largest absolute Gasteiger partial charge is 0.481 e. The molecule has 5 heteroatoms. The van der Waals surface area contributed by atoms with Crippen molar-refractivity contribution in [3.8, 4) is 0 Å². The number of carbonyl (C=O) groups is 1. The standard InChI is InChI=1S/C14H32N3O2/c1-15-9-6-10-16(2,3)11-7-12-17(4,5)13-8-14(18)19/h15H,6-13H2,1-5H3/q+1/p+1. The van der Waals surface area contributed by atoms with Crippen molar-refractivity contribution in [3.63, 3.8) is 0 Å². The molecule has 0 amide bonds. The van der Waals surface area contributed by atoms with Crippen LogP contribution in [0.1, 0.15) is 19.3 Å². The van der Waals surface area contributed by atoms with Crippen LogP contribution in [0.3, 0.4) is 0 Å². The van der Waals surface area contributed by atoms with Crippen molar-refractivity contribution in [3.05, 3.63) is 0 Å². The zero-order valence-electron chi connectivity index (χ0n) is 13.4. The maximum absolute atomic E-state index is 10.6. The lowest BCUT2D eigenvalue weighted by atomic mass is 10.2. The molecular formula is C14H33N3O2+2. The molecule has 0 atom stereocenters. The predicted octanol–water partition coefficient (Wildman–Crippen LogP) is 0.614. The molecule has 0 aromatic rings. The first-order chi connectivity index (χ1) is 8.68. The molecule has 0 aliphatic rings. The number of quaternary nitrogens is 2. The van der Waals surface area contributed by atoms with Crippen molar-refractivity contribution in [1.29, 1.82) is 0 Å². The molecule has 0 heterocycles. The van der Waals surface area contributed by atoms with E-state index < -0.39 is 5.97 Å². The third kappa shape index (κ3) is 10.9. The van der Waals surface area contributed by atoms with Crippen LogP contribution in [0.25, 0.3) is 0 Å². The second-order valence-corrected chi connectivity index (χ2v) is 6.72. The van der Waals surface area contributed by atoms with Crippen LogP contribution >= 0.6 is 0 Å². The molecule has 0 aliphatic carbocycles. The Morgan fingerprint density at radius 3 is 1.89 bits per heavy atom. The van der Waals surface area contributed by atoms with Gasteiger partial charge in [0.25, 0.3) is 0 Å². The smallest absolute Gasteiger partial charge is 0.309 e. The van der Waals surface area contributed by atoms with Crippen molar-refractivity contribution >= 4 is 5.97 Å². The SMILES string of the molecule is CNCCC[N+](C)(C)CCC[N+](C)(C)CCC(=O)O. The number of aliphatic carboxylic acids is 1. The van der Waals surface area contributed by atoms with Crippen LogP contribution in [-0.2, 0) is 4.79 Å². The van der Waals surface area contributed by atoms with Gasteiger partial charge < -0.3 is 19.4 Å². The Bertz CT molecular complexity index is 265. The lowest BCUT2D eigenvalue weighted by molar-refractivity contribution is -0.909. The van der Waals surface area contributed by atoms with Gasteiger partial charge in [0.1, 0.15) is 0 Å². The van der Waals surface area contributed by atoms with E-state index in [0.29, 0.717) is 6.54 Å². The molecule has 0 saturated heterocycles. The molecule has 0 saturated carbocycles. The van der Waals surface area contributed by atoms with E-state index >= 15 is 0 Å². The summed E-state index contributed by atoms with van der Waals surface area (Å²) in [7, 11) is 10.8. The van der Waals surface area contributed by atoms with E-state index in [4.69, 9.17) is 5.11 Å². The fraction of sp³-hybridized carbons (Fsp3) is 0.929. The molecule has 0 radical (unpaired) electrons. The van der Waals surface area contributed by atoms with Crippen molar-refractivity contribution in [1.82, 2.24) is 5.32 Å². The van der Waals surface area contributed by atoms with E-state index in [1.54, 1.807) is 0 Å². The quantitative estimate of drug-likeness (QED) is 0.429. The van der Waals surface area contributed by atoms with Gasteiger partial charge in [0.05, 0.1) is 60.8 Å². The van der Waals surface area contributed by atoms with Gasteiger partial charge in [-0.2, -0.15) is 0 Å². The highest BCUT2D eigenvalue weighted by atomic mass is 16.4. The van der Waals surface area contributed by atoms with Crippen LogP contribution < -0.4 is 5.32 Å². The summed E-state index contributed by atoms with van der Waals surface area (Å²) in [6, 6.07) is 0. The molecule has 0 aromatic carbocycles. The molecule has 19 heavy (non-hydrogen) atoms. The van der Waals surface area contributed by atoms with Crippen LogP contribution in [0.2, 0.25) is 0 Å². The Balaban J connectivity index is 3.89. The summed E-state index contributed by atoms with van der Waals surface area (Å²) >= 11 is 0. The number of carboxylic acid groups (broad SMARTS) is 1. The van der Waals surface area contributed by atoms with Gasteiger partial charge in [-0.05, 0) is 7.05 Å². The fourth-order valence-corrected chi connectivity index (χ4v) is 2.23. The first-order valence-electron chi connectivity index (χ1n) is 7.19. The molecular weight excluding hydrogens is 242 g/mol. The molecule has 0 rings (SSSR count). The summed E-state index contributed by atoms with van der Waals surface area (Å²) in [6.07, 6.45) is 2.59. The van der Waals surface area contributed by atoms with Gasteiger partial charge >= 0.3 is 5.97 Å². The van der Waals surface area contributed by atoms with Gasteiger partial charge in [0.2, 0.25) is 0 Å². The highest BCUT2D eigenvalue weighted by molar-refractivity contribution is 5.66. The minimum Gasteiger partial charge on any atom is -0.481 e. The molecule has 0 bridgehead atoms. The second-order valence-electron chi connectivity index (χ2n) is 6.72. The van der Waals surface area contributed by atoms with Gasteiger partial charge in [-0.1, -0.05) is 0 Å². The summed E-state index contributed by atoms with van der Waals surface area (Å²) in [6.45, 7) is 5.16. The summed E-state index contributed by atoms with van der Waals surface area (Å²) in [5.41, 5.74) is 0. The lowest BCUT2D eigenvalue weighted by Crippen LogP contribution is -2.46. The molecule has 0 unspecified atom stereocenters. The number of nitrogens with one attached hydrogen (secondary N) is 1. The first kappa shape index (κ1) is 18.4. The Hall–Kier alpha value is -0.650. The number of hydrogen-bond acceptors (Lipinski definition) is 2. The van der Waals surface area contributed by atoms with Crippen molar-refractivity contribution in [2.24, 2.45) is 0 Å². The highest BCUT2D eigenvalue weighted by Gasteiger charge is 2.20. The maximum atomic E-state index is 10.6. The van der Waals surface area contributed by atoms with Gasteiger partial charge in [0.15, 0.2) is 0 Å². The van der Waals surface area contributed by atoms with Crippen LogP contribution in [0.4, 0.5) is 0 Å². The maximum Gasteiger partial charge on any atom is 0.309 e. The van der Waals surface area contributed by atoms with Gasteiger partial charge in [-0.3, -0.25) is 4.79 Å². The van der Waals surface area contributed by atoms with Crippen LogP contribution in [-0.4, -0.2) is 88.0 Å². The van der Waals surface area contributed by atoms with Crippen LogP contribution in [0.5, 0.6) is 0 Å². The molecule has 0 aliphatic heterocycles. The summed E-state index contributed by atoms with van der Waals surface area (Å²) in [5.74, 6) is -0.700. The average Bonchev–Trinajstić information content (AvgIpc) is 2.26. The molecule has 114 valence electrons. The van der Waals surface area contributed by atoms with E-state index in [0.717, 1.165) is 35.0 Å². The van der Waals surface area contributed by atoms with Gasteiger partial charge in [0, 0.05) is 19.4 Å². The number of nitrogens with zero attached hydrogens (tertiary/aromatic N) is 2. The number of rotatable bonds is 11.